The molecule has 0 aromatic rings. The minimum Gasteiger partial charge on any atom is -0.380 e. The fourth-order valence-electron chi connectivity index (χ4n) is 1.16. The van der Waals surface area contributed by atoms with Crippen LogP contribution in [0.2, 0.25) is 0 Å². The van der Waals surface area contributed by atoms with E-state index in [0.29, 0.717) is 6.04 Å². The molecule has 0 saturated carbocycles. The maximum absolute atomic E-state index is 5.38. The van der Waals surface area contributed by atoms with Crippen LogP contribution in [0.15, 0.2) is 0 Å². The van der Waals surface area contributed by atoms with E-state index in [1.165, 1.54) is 6.42 Å². The Hall–Kier alpha value is -0.0800. The minimum absolute atomic E-state index is 0.607. The van der Waals surface area contributed by atoms with Crippen molar-refractivity contribution < 1.29 is 4.74 Å². The molecule has 0 heterocycles. The van der Waals surface area contributed by atoms with Gasteiger partial charge in [0.1, 0.15) is 0 Å². The van der Waals surface area contributed by atoms with E-state index < -0.39 is 0 Å². The monoisotopic (exact) mass is 187 g/mol. The van der Waals surface area contributed by atoms with Crippen LogP contribution in [0.1, 0.15) is 40.5 Å². The van der Waals surface area contributed by atoms with Crippen LogP contribution in [0, 0.1) is 5.92 Å². The Morgan fingerprint density at radius 1 is 1.15 bits per heavy atom. The van der Waals surface area contributed by atoms with Crippen LogP contribution in [-0.4, -0.2) is 25.8 Å². The molecule has 0 bridgehead atoms. The van der Waals surface area contributed by atoms with Crippen molar-refractivity contribution in [1.82, 2.24) is 5.32 Å². The highest BCUT2D eigenvalue weighted by atomic mass is 16.5. The number of ether oxygens (including phenoxy) is 1. The van der Waals surface area contributed by atoms with Gasteiger partial charge in [-0.2, -0.15) is 0 Å². The molecule has 0 rings (SSSR count). The second kappa shape index (κ2) is 8.52. The summed E-state index contributed by atoms with van der Waals surface area (Å²) in [6, 6.07) is 0.607. The fourth-order valence-corrected chi connectivity index (χ4v) is 1.16. The lowest BCUT2D eigenvalue weighted by atomic mass is 10.0. The molecule has 2 atom stereocenters. The van der Waals surface area contributed by atoms with Crippen LogP contribution >= 0.6 is 0 Å². The highest BCUT2D eigenvalue weighted by molar-refractivity contribution is 4.66. The summed E-state index contributed by atoms with van der Waals surface area (Å²) in [5.74, 6) is 0.756. The van der Waals surface area contributed by atoms with Gasteiger partial charge in [-0.1, -0.05) is 27.2 Å². The molecule has 2 unspecified atom stereocenters. The molecular formula is C11H25NO. The van der Waals surface area contributed by atoms with Crippen molar-refractivity contribution >= 4 is 0 Å². The first kappa shape index (κ1) is 12.9. The summed E-state index contributed by atoms with van der Waals surface area (Å²) in [5.41, 5.74) is 0. The number of hydrogen-bond acceptors (Lipinski definition) is 2. The van der Waals surface area contributed by atoms with E-state index in [1.54, 1.807) is 0 Å². The molecule has 0 aromatic heterocycles. The summed E-state index contributed by atoms with van der Waals surface area (Å²) in [6.07, 6.45) is 2.35. The lowest BCUT2D eigenvalue weighted by Gasteiger charge is -2.19. The zero-order valence-electron chi connectivity index (χ0n) is 9.60. The normalized spacial score (nSPS) is 15.7. The summed E-state index contributed by atoms with van der Waals surface area (Å²) < 4.78 is 5.38. The van der Waals surface area contributed by atoms with E-state index in [0.717, 1.165) is 32.1 Å². The van der Waals surface area contributed by atoms with Gasteiger partial charge in [-0.15, -0.1) is 0 Å². The van der Waals surface area contributed by atoms with Gasteiger partial charge in [0.25, 0.3) is 0 Å². The van der Waals surface area contributed by atoms with Crippen molar-refractivity contribution in [3.8, 4) is 0 Å². The molecule has 2 heteroatoms. The van der Waals surface area contributed by atoms with E-state index in [9.17, 15) is 0 Å². The third-order valence-electron chi connectivity index (χ3n) is 2.56. The summed E-state index contributed by atoms with van der Waals surface area (Å²) in [5, 5.41) is 3.47. The van der Waals surface area contributed by atoms with Gasteiger partial charge >= 0.3 is 0 Å². The van der Waals surface area contributed by atoms with Crippen molar-refractivity contribution in [2.45, 2.75) is 46.6 Å². The van der Waals surface area contributed by atoms with Gasteiger partial charge in [0.15, 0.2) is 0 Å². The molecule has 0 saturated heterocycles. The Bertz CT molecular complexity index is 106. The summed E-state index contributed by atoms with van der Waals surface area (Å²) in [7, 11) is 0. The quantitative estimate of drug-likeness (QED) is 0.589. The number of rotatable bonds is 8. The molecular weight excluding hydrogens is 162 g/mol. The van der Waals surface area contributed by atoms with E-state index in [4.69, 9.17) is 4.74 Å². The molecule has 0 aliphatic carbocycles. The second-order valence-electron chi connectivity index (χ2n) is 3.74. The van der Waals surface area contributed by atoms with E-state index >= 15 is 0 Å². The molecule has 0 aliphatic heterocycles. The molecule has 1 N–H and O–H groups in total. The maximum atomic E-state index is 5.38. The zero-order valence-corrected chi connectivity index (χ0v) is 9.60. The van der Waals surface area contributed by atoms with Gasteiger partial charge in [0.05, 0.1) is 6.61 Å². The number of hydrogen-bond donors (Lipinski definition) is 1. The summed E-state index contributed by atoms with van der Waals surface area (Å²) in [6.45, 7) is 11.6. The van der Waals surface area contributed by atoms with Crippen molar-refractivity contribution in [3.63, 3.8) is 0 Å². The summed E-state index contributed by atoms with van der Waals surface area (Å²) >= 11 is 0. The highest BCUT2D eigenvalue weighted by Crippen LogP contribution is 2.05. The Labute approximate surface area is 83.1 Å². The molecule has 0 amide bonds. The first-order valence-corrected chi connectivity index (χ1v) is 5.53. The van der Waals surface area contributed by atoms with Crippen molar-refractivity contribution in [3.05, 3.63) is 0 Å². The Morgan fingerprint density at radius 2 is 1.85 bits per heavy atom. The second-order valence-corrected chi connectivity index (χ2v) is 3.74. The van der Waals surface area contributed by atoms with Crippen LogP contribution in [0.3, 0.4) is 0 Å². The average molecular weight is 187 g/mol. The first-order valence-electron chi connectivity index (χ1n) is 5.53. The van der Waals surface area contributed by atoms with E-state index in [1.807, 2.05) is 0 Å². The van der Waals surface area contributed by atoms with Crippen LogP contribution in [0.25, 0.3) is 0 Å². The summed E-state index contributed by atoms with van der Waals surface area (Å²) in [4.78, 5) is 0. The third kappa shape index (κ3) is 7.03. The Balaban J connectivity index is 3.21. The molecule has 0 aliphatic rings. The van der Waals surface area contributed by atoms with Gasteiger partial charge in [0, 0.05) is 19.2 Å². The molecule has 0 radical (unpaired) electrons. The maximum Gasteiger partial charge on any atom is 0.0590 e. The Kier molecular flexibility index (Phi) is 8.46. The zero-order chi connectivity index (χ0) is 10.1. The van der Waals surface area contributed by atoms with Gasteiger partial charge < -0.3 is 10.1 Å². The van der Waals surface area contributed by atoms with Crippen molar-refractivity contribution in [2.75, 3.05) is 19.8 Å². The van der Waals surface area contributed by atoms with Gasteiger partial charge in [-0.05, 0) is 19.3 Å². The van der Waals surface area contributed by atoms with E-state index in [-0.39, 0.29) is 0 Å². The smallest absolute Gasteiger partial charge is 0.0590 e. The van der Waals surface area contributed by atoms with Crippen molar-refractivity contribution in [2.24, 2.45) is 5.92 Å². The van der Waals surface area contributed by atoms with Crippen LogP contribution in [0.4, 0.5) is 0 Å². The van der Waals surface area contributed by atoms with Crippen molar-refractivity contribution in [1.29, 1.82) is 0 Å². The standard InChI is InChI=1S/C11H25NO/c1-5-8-13-9-7-12-11(4)10(3)6-2/h10-12H,5-9H2,1-4H3. The fraction of sp³-hybridized carbons (Fsp3) is 1.00. The predicted octanol–water partition coefficient (Wildman–Crippen LogP) is 2.44. The van der Waals surface area contributed by atoms with Gasteiger partial charge in [-0.25, -0.2) is 0 Å². The van der Waals surface area contributed by atoms with E-state index in [2.05, 4.69) is 33.0 Å². The highest BCUT2D eigenvalue weighted by Gasteiger charge is 2.07. The van der Waals surface area contributed by atoms with Gasteiger partial charge in [-0.3, -0.25) is 0 Å². The first-order chi connectivity index (χ1) is 6.22. The lowest BCUT2D eigenvalue weighted by molar-refractivity contribution is 0.133. The van der Waals surface area contributed by atoms with Crippen LogP contribution in [-0.2, 0) is 4.74 Å². The number of nitrogens with one attached hydrogen (secondary N) is 1. The van der Waals surface area contributed by atoms with Crippen LogP contribution < -0.4 is 5.32 Å². The lowest BCUT2D eigenvalue weighted by Crippen LogP contribution is -2.34. The Morgan fingerprint density at radius 3 is 2.38 bits per heavy atom. The van der Waals surface area contributed by atoms with Gasteiger partial charge in [0.2, 0.25) is 0 Å². The topological polar surface area (TPSA) is 21.3 Å². The predicted molar refractivity (Wildman–Crippen MR) is 58.0 cm³/mol. The largest absolute Gasteiger partial charge is 0.380 e. The molecule has 13 heavy (non-hydrogen) atoms. The molecule has 0 aromatic carbocycles. The molecule has 2 nitrogen and oxygen atoms in total. The third-order valence-corrected chi connectivity index (χ3v) is 2.56. The SMILES string of the molecule is CCCOCCNC(C)C(C)CC. The minimum atomic E-state index is 0.607. The average Bonchev–Trinajstić information content (AvgIpc) is 2.16. The molecule has 0 fully saturated rings. The molecule has 80 valence electrons. The van der Waals surface area contributed by atoms with Crippen LogP contribution in [0.5, 0.6) is 0 Å². The molecule has 0 spiro atoms.